The topological polar surface area (TPSA) is 64.2 Å². The predicted octanol–water partition coefficient (Wildman–Crippen LogP) is 1.71. The molecule has 6 heteroatoms. The van der Waals surface area contributed by atoms with E-state index in [4.69, 9.17) is 18.0 Å². The van der Waals surface area contributed by atoms with Gasteiger partial charge >= 0.3 is 0 Å². The Morgan fingerprint density at radius 2 is 2.15 bits per heavy atom. The number of hydrogen-bond acceptors (Lipinski definition) is 3. The van der Waals surface area contributed by atoms with Gasteiger partial charge in [0, 0.05) is 19.0 Å². The molecule has 2 aromatic rings. The summed E-state index contributed by atoms with van der Waals surface area (Å²) in [6, 6.07) is 7.67. The van der Waals surface area contributed by atoms with Crippen LogP contribution in [0.4, 0.5) is 0 Å². The quantitative estimate of drug-likeness (QED) is 0.852. The van der Waals surface area contributed by atoms with Crippen LogP contribution in [-0.4, -0.2) is 38.7 Å². The summed E-state index contributed by atoms with van der Waals surface area (Å²) in [6.07, 6.45) is 0.846. The summed E-state index contributed by atoms with van der Waals surface area (Å²) in [5, 5.41) is 5.19. The van der Waals surface area contributed by atoms with Gasteiger partial charge in [-0.05, 0) is 12.5 Å². The second-order valence-electron chi connectivity index (χ2n) is 4.68. The number of fused-ring (bicyclic) bond motifs is 1. The molecule has 1 aromatic heterocycles. The molecule has 0 aliphatic rings. The Morgan fingerprint density at radius 3 is 2.80 bits per heavy atom. The molecular formula is C14H18N4OS. The molecule has 0 spiro atoms. The number of nitrogens with zero attached hydrogens (tertiary/aromatic N) is 3. The van der Waals surface area contributed by atoms with Crippen molar-refractivity contribution in [3.63, 3.8) is 0 Å². The van der Waals surface area contributed by atoms with E-state index in [1.54, 1.807) is 9.58 Å². The Balaban J connectivity index is 2.41. The van der Waals surface area contributed by atoms with Crippen molar-refractivity contribution in [2.45, 2.75) is 13.3 Å². The van der Waals surface area contributed by atoms with E-state index in [1.165, 1.54) is 0 Å². The largest absolute Gasteiger partial charge is 0.392 e. The minimum Gasteiger partial charge on any atom is -0.392 e. The number of para-hydroxylation sites is 1. The number of rotatable bonds is 5. The molecule has 0 atom stereocenters. The summed E-state index contributed by atoms with van der Waals surface area (Å²) >= 11 is 4.91. The summed E-state index contributed by atoms with van der Waals surface area (Å²) in [6.45, 7) is 2.91. The van der Waals surface area contributed by atoms with Crippen molar-refractivity contribution in [1.29, 1.82) is 0 Å². The van der Waals surface area contributed by atoms with Gasteiger partial charge in [0.1, 0.15) is 0 Å². The molecule has 0 fully saturated rings. The number of nitrogens with two attached hydrogens (primary N) is 1. The molecule has 0 aliphatic heterocycles. The predicted molar refractivity (Wildman–Crippen MR) is 83.7 cm³/mol. The SMILES string of the molecule is CCCN(CC(N)=S)C(=O)c1nn(C)c2ccccc12. The van der Waals surface area contributed by atoms with Crippen LogP contribution in [-0.2, 0) is 7.05 Å². The van der Waals surface area contributed by atoms with Crippen molar-refractivity contribution in [2.75, 3.05) is 13.1 Å². The second kappa shape index (κ2) is 6.00. The first-order chi connectivity index (χ1) is 9.54. The highest BCUT2D eigenvalue weighted by Crippen LogP contribution is 2.19. The third-order valence-corrected chi connectivity index (χ3v) is 3.22. The zero-order valence-electron chi connectivity index (χ0n) is 11.7. The first-order valence-electron chi connectivity index (χ1n) is 6.54. The third kappa shape index (κ3) is 2.80. The van der Waals surface area contributed by atoms with Gasteiger partial charge in [-0.25, -0.2) is 0 Å². The average Bonchev–Trinajstić information content (AvgIpc) is 2.75. The Labute approximate surface area is 123 Å². The molecule has 1 heterocycles. The van der Waals surface area contributed by atoms with Gasteiger partial charge in [-0.2, -0.15) is 5.10 Å². The number of aromatic nitrogens is 2. The maximum atomic E-state index is 12.6. The molecule has 0 saturated carbocycles. The van der Waals surface area contributed by atoms with Crippen LogP contribution in [0.5, 0.6) is 0 Å². The Kier molecular flexibility index (Phi) is 4.34. The molecule has 2 rings (SSSR count). The molecule has 1 aromatic carbocycles. The summed E-state index contributed by atoms with van der Waals surface area (Å²) in [5.74, 6) is -0.128. The van der Waals surface area contributed by atoms with E-state index >= 15 is 0 Å². The lowest BCUT2D eigenvalue weighted by atomic mass is 10.2. The number of thiocarbonyl (C=S) groups is 1. The highest BCUT2D eigenvalue weighted by Gasteiger charge is 2.21. The number of aryl methyl sites for hydroxylation is 1. The second-order valence-corrected chi connectivity index (χ2v) is 5.21. The van der Waals surface area contributed by atoms with Gasteiger partial charge in [0.05, 0.1) is 17.0 Å². The van der Waals surface area contributed by atoms with Crippen molar-refractivity contribution in [2.24, 2.45) is 12.8 Å². The highest BCUT2D eigenvalue weighted by molar-refractivity contribution is 7.80. The lowest BCUT2D eigenvalue weighted by Crippen LogP contribution is -2.38. The van der Waals surface area contributed by atoms with Crippen LogP contribution in [0.2, 0.25) is 0 Å². The van der Waals surface area contributed by atoms with Crippen molar-refractivity contribution >= 4 is 34.0 Å². The van der Waals surface area contributed by atoms with Gasteiger partial charge in [0.25, 0.3) is 5.91 Å². The van der Waals surface area contributed by atoms with Crippen molar-refractivity contribution < 1.29 is 4.79 Å². The molecular weight excluding hydrogens is 272 g/mol. The van der Waals surface area contributed by atoms with E-state index in [2.05, 4.69) is 5.10 Å². The summed E-state index contributed by atoms with van der Waals surface area (Å²) < 4.78 is 1.72. The Hall–Kier alpha value is -1.95. The van der Waals surface area contributed by atoms with Crippen LogP contribution < -0.4 is 5.73 Å². The first kappa shape index (κ1) is 14.5. The van der Waals surface area contributed by atoms with Crippen molar-refractivity contribution in [1.82, 2.24) is 14.7 Å². The molecule has 0 unspecified atom stereocenters. The summed E-state index contributed by atoms with van der Waals surface area (Å²) in [5.41, 5.74) is 6.95. The fourth-order valence-electron chi connectivity index (χ4n) is 2.23. The van der Waals surface area contributed by atoms with Crippen LogP contribution in [0.1, 0.15) is 23.8 Å². The van der Waals surface area contributed by atoms with Gasteiger partial charge in [-0.15, -0.1) is 0 Å². The maximum Gasteiger partial charge on any atom is 0.275 e. The number of carbonyl (C=O) groups excluding carboxylic acids is 1. The van der Waals surface area contributed by atoms with E-state index < -0.39 is 0 Å². The smallest absolute Gasteiger partial charge is 0.275 e. The molecule has 106 valence electrons. The highest BCUT2D eigenvalue weighted by atomic mass is 32.1. The molecule has 2 N–H and O–H groups in total. The van der Waals surface area contributed by atoms with Gasteiger partial charge in [0.15, 0.2) is 5.69 Å². The van der Waals surface area contributed by atoms with Crippen LogP contribution >= 0.6 is 12.2 Å². The van der Waals surface area contributed by atoms with Crippen molar-refractivity contribution in [3.05, 3.63) is 30.0 Å². The van der Waals surface area contributed by atoms with Crippen molar-refractivity contribution in [3.8, 4) is 0 Å². The fraction of sp³-hybridized carbons (Fsp3) is 0.357. The third-order valence-electron chi connectivity index (χ3n) is 3.09. The number of hydrogen-bond donors (Lipinski definition) is 1. The van der Waals surface area contributed by atoms with Gasteiger partial charge < -0.3 is 10.6 Å². The van der Waals surface area contributed by atoms with E-state index in [0.717, 1.165) is 17.3 Å². The Bertz CT molecular complexity index is 650. The monoisotopic (exact) mass is 290 g/mol. The molecule has 1 amide bonds. The lowest BCUT2D eigenvalue weighted by Gasteiger charge is -2.20. The Morgan fingerprint density at radius 1 is 1.45 bits per heavy atom. The zero-order valence-corrected chi connectivity index (χ0v) is 12.5. The molecule has 0 bridgehead atoms. The summed E-state index contributed by atoms with van der Waals surface area (Å²) in [7, 11) is 1.83. The fourth-order valence-corrected chi connectivity index (χ4v) is 2.39. The minimum absolute atomic E-state index is 0.128. The van der Waals surface area contributed by atoms with Gasteiger partial charge in [0.2, 0.25) is 0 Å². The van der Waals surface area contributed by atoms with Gasteiger partial charge in [-0.3, -0.25) is 9.48 Å². The van der Waals surface area contributed by atoms with E-state index in [0.29, 0.717) is 17.2 Å². The molecule has 5 nitrogen and oxygen atoms in total. The molecule has 0 aliphatic carbocycles. The van der Waals surface area contributed by atoms with Crippen LogP contribution in [0.25, 0.3) is 10.9 Å². The van der Waals surface area contributed by atoms with Crippen LogP contribution in [0.15, 0.2) is 24.3 Å². The van der Waals surface area contributed by atoms with E-state index in [1.807, 2.05) is 38.2 Å². The molecule has 20 heavy (non-hydrogen) atoms. The van der Waals surface area contributed by atoms with E-state index in [9.17, 15) is 4.79 Å². The first-order valence-corrected chi connectivity index (χ1v) is 6.94. The molecule has 0 saturated heterocycles. The minimum atomic E-state index is -0.128. The zero-order chi connectivity index (χ0) is 14.7. The lowest BCUT2D eigenvalue weighted by molar-refractivity contribution is 0.0775. The van der Waals surface area contributed by atoms with Crippen LogP contribution in [0.3, 0.4) is 0 Å². The number of amides is 1. The van der Waals surface area contributed by atoms with Gasteiger partial charge in [-0.1, -0.05) is 37.3 Å². The summed E-state index contributed by atoms with van der Waals surface area (Å²) in [4.78, 5) is 14.6. The van der Waals surface area contributed by atoms with E-state index in [-0.39, 0.29) is 12.5 Å². The average molecular weight is 290 g/mol. The number of benzene rings is 1. The maximum absolute atomic E-state index is 12.6. The standard InChI is InChI=1S/C14H18N4OS/c1-3-8-18(9-12(15)20)14(19)13-10-6-4-5-7-11(10)17(2)16-13/h4-7H,3,8-9H2,1-2H3,(H2,15,20). The van der Waals surface area contributed by atoms with Crippen LogP contribution in [0, 0.1) is 0 Å². The molecule has 0 radical (unpaired) electrons. The number of carbonyl (C=O) groups is 1. The normalized spacial score (nSPS) is 10.7.